The van der Waals surface area contributed by atoms with Crippen LogP contribution >= 0.6 is 22.9 Å². The lowest BCUT2D eigenvalue weighted by Gasteiger charge is -2.34. The molecule has 4 rings (SSSR count). The Morgan fingerprint density at radius 2 is 2.04 bits per heavy atom. The third kappa shape index (κ3) is 3.55. The van der Waals surface area contributed by atoms with Crippen LogP contribution < -0.4 is 10.2 Å². The van der Waals surface area contributed by atoms with Crippen LogP contribution in [0.15, 0.2) is 42.6 Å². The molecular weight excluding hydrogens is 366 g/mol. The third-order valence-corrected chi connectivity index (χ3v) is 6.05. The van der Waals surface area contributed by atoms with E-state index in [2.05, 4.69) is 21.3 Å². The van der Waals surface area contributed by atoms with Crippen LogP contribution in [0.2, 0.25) is 5.02 Å². The molecule has 1 aliphatic heterocycles. The molecule has 0 spiro atoms. The molecule has 3 heterocycles. The summed E-state index contributed by atoms with van der Waals surface area (Å²) in [6.07, 6.45) is 3.71. The van der Waals surface area contributed by atoms with Gasteiger partial charge in [-0.05, 0) is 56.2 Å². The van der Waals surface area contributed by atoms with Crippen LogP contribution in [-0.4, -0.2) is 30.0 Å². The second kappa shape index (κ2) is 7.25. The highest BCUT2D eigenvalue weighted by atomic mass is 35.5. The van der Waals surface area contributed by atoms with Crippen molar-refractivity contribution >= 4 is 45.4 Å². The summed E-state index contributed by atoms with van der Waals surface area (Å²) in [5.74, 6) is 0.0468. The van der Waals surface area contributed by atoms with Crippen molar-refractivity contribution in [2.45, 2.75) is 25.8 Å². The Bertz CT molecular complexity index is 947. The standard InChI is InChI=1S/C20H20ClN3OS/c1-13-2-5-19(26-13)20(25)23-15-7-10-24(11-8-15)18-6-9-22-17-12-14(21)3-4-16(17)18/h2-6,9,12,15H,7-8,10-11H2,1H3,(H,23,25). The molecule has 1 saturated heterocycles. The van der Waals surface area contributed by atoms with Gasteiger partial charge in [-0.25, -0.2) is 0 Å². The fourth-order valence-electron chi connectivity index (χ4n) is 3.46. The number of thiophene rings is 1. The van der Waals surface area contributed by atoms with Gasteiger partial charge in [-0.1, -0.05) is 11.6 Å². The van der Waals surface area contributed by atoms with E-state index in [0.717, 1.165) is 46.6 Å². The number of benzene rings is 1. The van der Waals surface area contributed by atoms with Crippen molar-refractivity contribution in [2.24, 2.45) is 0 Å². The van der Waals surface area contributed by atoms with E-state index in [4.69, 9.17) is 11.6 Å². The molecule has 0 bridgehead atoms. The van der Waals surface area contributed by atoms with E-state index in [1.165, 1.54) is 5.69 Å². The number of rotatable bonds is 3. The molecule has 1 aromatic carbocycles. The van der Waals surface area contributed by atoms with Gasteiger partial charge in [0.15, 0.2) is 0 Å². The minimum Gasteiger partial charge on any atom is -0.371 e. The maximum atomic E-state index is 12.3. The first-order valence-corrected chi connectivity index (χ1v) is 9.96. The largest absolute Gasteiger partial charge is 0.371 e. The second-order valence-electron chi connectivity index (χ2n) is 6.64. The SMILES string of the molecule is Cc1ccc(C(=O)NC2CCN(c3ccnc4cc(Cl)ccc34)CC2)s1. The number of hydrogen-bond acceptors (Lipinski definition) is 4. The zero-order valence-electron chi connectivity index (χ0n) is 14.5. The number of hydrogen-bond donors (Lipinski definition) is 1. The van der Waals surface area contributed by atoms with Crippen LogP contribution in [0, 0.1) is 6.92 Å². The van der Waals surface area contributed by atoms with Crippen molar-refractivity contribution < 1.29 is 4.79 Å². The van der Waals surface area contributed by atoms with Crippen molar-refractivity contribution in [1.29, 1.82) is 0 Å². The lowest BCUT2D eigenvalue weighted by atomic mass is 10.0. The highest BCUT2D eigenvalue weighted by molar-refractivity contribution is 7.13. The smallest absolute Gasteiger partial charge is 0.261 e. The van der Waals surface area contributed by atoms with Crippen LogP contribution in [-0.2, 0) is 0 Å². The molecule has 1 fully saturated rings. The first-order chi connectivity index (χ1) is 12.6. The normalized spacial score (nSPS) is 15.4. The highest BCUT2D eigenvalue weighted by Gasteiger charge is 2.23. The quantitative estimate of drug-likeness (QED) is 0.713. The number of carbonyl (C=O) groups is 1. The van der Waals surface area contributed by atoms with Gasteiger partial charge < -0.3 is 10.2 Å². The average Bonchev–Trinajstić information content (AvgIpc) is 3.08. The van der Waals surface area contributed by atoms with Gasteiger partial charge in [-0.3, -0.25) is 9.78 Å². The van der Waals surface area contributed by atoms with E-state index in [0.29, 0.717) is 5.02 Å². The zero-order valence-corrected chi connectivity index (χ0v) is 16.1. The number of aromatic nitrogens is 1. The summed E-state index contributed by atoms with van der Waals surface area (Å²) in [6.45, 7) is 3.85. The van der Waals surface area contributed by atoms with Crippen LogP contribution in [0.5, 0.6) is 0 Å². The lowest BCUT2D eigenvalue weighted by molar-refractivity contribution is 0.0935. The predicted molar refractivity (Wildman–Crippen MR) is 109 cm³/mol. The number of anilines is 1. The first kappa shape index (κ1) is 17.3. The zero-order chi connectivity index (χ0) is 18.1. The summed E-state index contributed by atoms with van der Waals surface area (Å²) in [5.41, 5.74) is 2.10. The number of amides is 1. The van der Waals surface area contributed by atoms with Gasteiger partial charge in [0, 0.05) is 46.3 Å². The highest BCUT2D eigenvalue weighted by Crippen LogP contribution is 2.29. The van der Waals surface area contributed by atoms with Gasteiger partial charge in [0.05, 0.1) is 10.4 Å². The predicted octanol–water partition coefficient (Wildman–Crippen LogP) is 4.66. The minimum atomic E-state index is 0.0468. The Morgan fingerprint density at radius 3 is 2.77 bits per heavy atom. The van der Waals surface area contributed by atoms with Gasteiger partial charge in [-0.15, -0.1) is 11.3 Å². The molecule has 0 atom stereocenters. The number of pyridine rings is 1. The fourth-order valence-corrected chi connectivity index (χ4v) is 4.40. The molecule has 0 unspecified atom stereocenters. The topological polar surface area (TPSA) is 45.2 Å². The van der Waals surface area contributed by atoms with E-state index < -0.39 is 0 Å². The van der Waals surface area contributed by atoms with Gasteiger partial charge in [0.1, 0.15) is 0 Å². The van der Waals surface area contributed by atoms with Crippen molar-refractivity contribution in [3.63, 3.8) is 0 Å². The molecule has 6 heteroatoms. The summed E-state index contributed by atoms with van der Waals surface area (Å²) >= 11 is 7.63. The maximum absolute atomic E-state index is 12.3. The van der Waals surface area contributed by atoms with Crippen molar-refractivity contribution in [3.05, 3.63) is 57.4 Å². The Hall–Kier alpha value is -2.11. The minimum absolute atomic E-state index is 0.0468. The summed E-state index contributed by atoms with van der Waals surface area (Å²) in [4.78, 5) is 21.1. The molecule has 1 aliphatic rings. The van der Waals surface area contributed by atoms with Crippen LogP contribution in [0.1, 0.15) is 27.4 Å². The molecule has 3 aromatic rings. The molecule has 0 saturated carbocycles. The molecule has 4 nitrogen and oxygen atoms in total. The summed E-state index contributed by atoms with van der Waals surface area (Å²) in [6, 6.07) is 12.0. The van der Waals surface area contributed by atoms with Gasteiger partial charge in [0.25, 0.3) is 5.91 Å². The summed E-state index contributed by atoms with van der Waals surface area (Å²) < 4.78 is 0. The van der Waals surface area contributed by atoms with Crippen LogP contribution in [0.3, 0.4) is 0 Å². The Balaban J connectivity index is 1.43. The molecule has 134 valence electrons. The van der Waals surface area contributed by atoms with Crippen molar-refractivity contribution in [2.75, 3.05) is 18.0 Å². The maximum Gasteiger partial charge on any atom is 0.261 e. The number of nitrogens with one attached hydrogen (secondary N) is 1. The van der Waals surface area contributed by atoms with E-state index in [1.807, 2.05) is 43.5 Å². The molecule has 26 heavy (non-hydrogen) atoms. The molecule has 2 aromatic heterocycles. The lowest BCUT2D eigenvalue weighted by Crippen LogP contribution is -2.44. The number of piperidine rings is 1. The molecular formula is C20H20ClN3OS. The van der Waals surface area contributed by atoms with Gasteiger partial charge in [-0.2, -0.15) is 0 Å². The third-order valence-electron chi connectivity index (χ3n) is 4.82. The Morgan fingerprint density at radius 1 is 1.23 bits per heavy atom. The van der Waals surface area contributed by atoms with E-state index in [1.54, 1.807) is 11.3 Å². The number of fused-ring (bicyclic) bond motifs is 1. The first-order valence-electron chi connectivity index (χ1n) is 8.77. The van der Waals surface area contributed by atoms with Crippen LogP contribution in [0.25, 0.3) is 10.9 Å². The molecule has 0 aliphatic carbocycles. The number of nitrogens with zero attached hydrogens (tertiary/aromatic N) is 2. The van der Waals surface area contributed by atoms with Gasteiger partial charge >= 0.3 is 0 Å². The van der Waals surface area contributed by atoms with Crippen LogP contribution in [0.4, 0.5) is 5.69 Å². The molecule has 1 N–H and O–H groups in total. The van der Waals surface area contributed by atoms with E-state index in [-0.39, 0.29) is 11.9 Å². The van der Waals surface area contributed by atoms with E-state index >= 15 is 0 Å². The fraction of sp³-hybridized carbons (Fsp3) is 0.300. The van der Waals surface area contributed by atoms with E-state index in [9.17, 15) is 4.79 Å². The summed E-state index contributed by atoms with van der Waals surface area (Å²) in [5, 5.41) is 5.00. The van der Waals surface area contributed by atoms with Crippen molar-refractivity contribution in [1.82, 2.24) is 10.3 Å². The second-order valence-corrected chi connectivity index (χ2v) is 8.36. The molecule has 1 amide bonds. The van der Waals surface area contributed by atoms with Gasteiger partial charge in [0.2, 0.25) is 0 Å². The average molecular weight is 386 g/mol. The Kier molecular flexibility index (Phi) is 4.83. The number of halogens is 1. The Labute approximate surface area is 161 Å². The monoisotopic (exact) mass is 385 g/mol. The molecule has 0 radical (unpaired) electrons. The number of aryl methyl sites for hydroxylation is 1. The number of carbonyl (C=O) groups excluding carboxylic acids is 1. The van der Waals surface area contributed by atoms with Crippen molar-refractivity contribution in [3.8, 4) is 0 Å². The summed E-state index contributed by atoms with van der Waals surface area (Å²) in [7, 11) is 0.